The highest BCUT2D eigenvalue weighted by molar-refractivity contribution is 5.94. The second-order valence-electron chi connectivity index (χ2n) is 12.8. The molecule has 0 spiro atoms. The van der Waals surface area contributed by atoms with Gasteiger partial charge in [0.05, 0.1) is 0 Å². The van der Waals surface area contributed by atoms with Crippen molar-refractivity contribution in [2.45, 2.75) is 91.3 Å². The number of rotatable bonds is 10. The first-order valence-corrected chi connectivity index (χ1v) is 14.6. The van der Waals surface area contributed by atoms with Gasteiger partial charge in [-0.05, 0) is 42.9 Å². The van der Waals surface area contributed by atoms with Crippen molar-refractivity contribution >= 4 is 23.9 Å². The van der Waals surface area contributed by atoms with Gasteiger partial charge in [0, 0.05) is 33.1 Å². The number of carbonyl (C=O) groups excluding carboxylic acids is 4. The molecule has 0 saturated carbocycles. The monoisotopic (exact) mass is 595 g/mol. The molecule has 0 aliphatic carbocycles. The van der Waals surface area contributed by atoms with E-state index in [4.69, 9.17) is 14.2 Å². The van der Waals surface area contributed by atoms with Crippen LogP contribution in [0.25, 0.3) is 0 Å². The van der Waals surface area contributed by atoms with Gasteiger partial charge in [-0.1, -0.05) is 75.4 Å². The average Bonchev–Trinajstić information content (AvgIpc) is 2.94. The van der Waals surface area contributed by atoms with Crippen LogP contribution in [0.4, 0.5) is 4.79 Å². The van der Waals surface area contributed by atoms with Gasteiger partial charge in [-0.3, -0.25) is 9.59 Å². The van der Waals surface area contributed by atoms with E-state index in [2.05, 4.69) is 10.6 Å². The normalized spacial score (nSPS) is 16.3. The Morgan fingerprint density at radius 1 is 0.907 bits per heavy atom. The topological polar surface area (TPSA) is 123 Å². The molecule has 10 heteroatoms. The molecule has 0 radical (unpaired) electrons. The van der Waals surface area contributed by atoms with Gasteiger partial charge in [0.15, 0.2) is 0 Å². The molecule has 234 valence electrons. The van der Waals surface area contributed by atoms with Crippen molar-refractivity contribution in [1.29, 1.82) is 0 Å². The van der Waals surface area contributed by atoms with Crippen LogP contribution in [0.15, 0.2) is 54.6 Å². The molecule has 0 aromatic heterocycles. The molecule has 3 rings (SSSR count). The zero-order chi connectivity index (χ0) is 31.8. The standard InChI is InChI=1S/C33H45N3O7/c1-32(2,3)27(35-31(40)42-21-22-13-9-8-10-14-22)29(38)36-20-24-16-12-11-15-23(24)19-26(36)28(37)34-25(17-18-41-7)30(39)43-33(4,5)6/h8-16,25-27H,17-21H2,1-7H3,(H,34,37)(H,35,40)/t25-,26-,27+/m0/s1. The molecule has 0 bridgehead atoms. The van der Waals surface area contributed by atoms with Crippen molar-refractivity contribution in [3.63, 3.8) is 0 Å². The molecule has 0 fully saturated rings. The minimum atomic E-state index is -0.994. The molecule has 0 unspecified atom stereocenters. The predicted octanol–water partition coefficient (Wildman–Crippen LogP) is 4.14. The average molecular weight is 596 g/mol. The van der Waals surface area contributed by atoms with Gasteiger partial charge in [-0.25, -0.2) is 9.59 Å². The van der Waals surface area contributed by atoms with Crippen LogP contribution in [-0.4, -0.2) is 66.2 Å². The third-order valence-corrected chi connectivity index (χ3v) is 7.04. The Labute approximate surface area is 254 Å². The molecule has 0 saturated heterocycles. The van der Waals surface area contributed by atoms with E-state index in [9.17, 15) is 19.2 Å². The van der Waals surface area contributed by atoms with Crippen molar-refractivity contribution in [2.24, 2.45) is 5.41 Å². The van der Waals surface area contributed by atoms with Crippen LogP contribution in [0.3, 0.4) is 0 Å². The molecule has 10 nitrogen and oxygen atoms in total. The first-order valence-electron chi connectivity index (χ1n) is 14.6. The highest BCUT2D eigenvalue weighted by atomic mass is 16.6. The van der Waals surface area contributed by atoms with E-state index in [1.165, 1.54) is 12.0 Å². The molecule has 43 heavy (non-hydrogen) atoms. The largest absolute Gasteiger partial charge is 0.458 e. The summed E-state index contributed by atoms with van der Waals surface area (Å²) < 4.78 is 16.1. The third-order valence-electron chi connectivity index (χ3n) is 7.04. The SMILES string of the molecule is COCC[C@H](NC(=O)[C@@H]1Cc2ccccc2CN1C(=O)[C@@H](NC(=O)OCc1ccccc1)C(C)(C)C)C(=O)OC(C)(C)C. The van der Waals surface area contributed by atoms with Gasteiger partial charge < -0.3 is 29.7 Å². The maximum Gasteiger partial charge on any atom is 0.408 e. The minimum absolute atomic E-state index is 0.0490. The van der Waals surface area contributed by atoms with Crippen LogP contribution in [0.5, 0.6) is 0 Å². The number of methoxy groups -OCH3 is 1. The molecule has 2 N–H and O–H groups in total. The minimum Gasteiger partial charge on any atom is -0.458 e. The summed E-state index contributed by atoms with van der Waals surface area (Å²) in [4.78, 5) is 55.4. The lowest BCUT2D eigenvalue weighted by molar-refractivity contribution is -0.159. The number of esters is 1. The molecular weight excluding hydrogens is 550 g/mol. The maximum absolute atomic E-state index is 14.2. The number of nitrogens with zero attached hydrogens (tertiary/aromatic N) is 1. The van der Waals surface area contributed by atoms with Crippen LogP contribution in [-0.2, 0) is 48.2 Å². The Kier molecular flexibility index (Phi) is 11.3. The van der Waals surface area contributed by atoms with E-state index in [0.29, 0.717) is 0 Å². The number of ether oxygens (including phenoxy) is 3. The van der Waals surface area contributed by atoms with Gasteiger partial charge in [0.25, 0.3) is 0 Å². The number of fused-ring (bicyclic) bond motifs is 1. The van der Waals surface area contributed by atoms with Crippen LogP contribution >= 0.6 is 0 Å². The molecule has 3 amide bonds. The van der Waals surface area contributed by atoms with E-state index in [0.717, 1.165) is 16.7 Å². The summed E-state index contributed by atoms with van der Waals surface area (Å²) in [6, 6.07) is 14.0. The number of alkyl carbamates (subject to hydrolysis) is 1. The quantitative estimate of drug-likeness (QED) is 0.396. The molecule has 3 atom stereocenters. The summed E-state index contributed by atoms with van der Waals surface area (Å²) >= 11 is 0. The fraction of sp³-hybridized carbons (Fsp3) is 0.515. The number of benzene rings is 2. The number of nitrogens with one attached hydrogen (secondary N) is 2. The highest BCUT2D eigenvalue weighted by Gasteiger charge is 2.43. The summed E-state index contributed by atoms with van der Waals surface area (Å²) in [5.41, 5.74) is 1.19. The van der Waals surface area contributed by atoms with Crippen LogP contribution in [0.2, 0.25) is 0 Å². The highest BCUT2D eigenvalue weighted by Crippen LogP contribution is 2.28. The maximum atomic E-state index is 14.2. The van der Waals surface area contributed by atoms with Gasteiger partial charge in [-0.15, -0.1) is 0 Å². The summed E-state index contributed by atoms with van der Waals surface area (Å²) in [6.07, 6.45) is -0.289. The first-order chi connectivity index (χ1) is 20.2. The Bertz CT molecular complexity index is 1270. The van der Waals surface area contributed by atoms with Gasteiger partial charge in [0.1, 0.15) is 30.3 Å². The molecule has 1 heterocycles. The number of amides is 3. The fourth-order valence-corrected chi connectivity index (χ4v) is 4.81. The Hall–Kier alpha value is -3.92. The lowest BCUT2D eigenvalue weighted by atomic mass is 9.84. The van der Waals surface area contributed by atoms with Crippen molar-refractivity contribution in [3.8, 4) is 0 Å². The zero-order valence-corrected chi connectivity index (χ0v) is 26.3. The van der Waals surface area contributed by atoms with Crippen LogP contribution in [0.1, 0.15) is 64.7 Å². The molecule has 2 aromatic carbocycles. The van der Waals surface area contributed by atoms with Crippen molar-refractivity contribution < 1.29 is 33.4 Å². The molecule has 1 aliphatic heterocycles. The second kappa shape index (κ2) is 14.5. The molecule has 1 aliphatic rings. The van der Waals surface area contributed by atoms with Crippen LogP contribution < -0.4 is 10.6 Å². The molecular formula is C33H45N3O7. The van der Waals surface area contributed by atoms with Crippen molar-refractivity contribution in [3.05, 3.63) is 71.3 Å². The van der Waals surface area contributed by atoms with Crippen LogP contribution in [0, 0.1) is 5.41 Å². The lowest BCUT2D eigenvalue weighted by Crippen LogP contribution is -2.61. The Morgan fingerprint density at radius 2 is 1.53 bits per heavy atom. The van der Waals surface area contributed by atoms with Gasteiger partial charge in [0.2, 0.25) is 11.8 Å². The van der Waals surface area contributed by atoms with Gasteiger partial charge >= 0.3 is 12.1 Å². The first kappa shape index (κ1) is 33.6. The van der Waals surface area contributed by atoms with Crippen molar-refractivity contribution in [1.82, 2.24) is 15.5 Å². The summed E-state index contributed by atoms with van der Waals surface area (Å²) in [5, 5.41) is 5.56. The number of hydrogen-bond acceptors (Lipinski definition) is 7. The second-order valence-corrected chi connectivity index (χ2v) is 12.8. The third kappa shape index (κ3) is 9.81. The number of carbonyl (C=O) groups is 4. The van der Waals surface area contributed by atoms with E-state index in [1.807, 2.05) is 75.4 Å². The van der Waals surface area contributed by atoms with E-state index in [-0.39, 0.29) is 32.6 Å². The zero-order valence-electron chi connectivity index (χ0n) is 26.3. The molecule has 2 aromatic rings. The number of hydrogen-bond donors (Lipinski definition) is 2. The van der Waals surface area contributed by atoms with E-state index < -0.39 is 53.0 Å². The lowest BCUT2D eigenvalue weighted by Gasteiger charge is -2.41. The predicted molar refractivity (Wildman–Crippen MR) is 162 cm³/mol. The van der Waals surface area contributed by atoms with Crippen molar-refractivity contribution in [2.75, 3.05) is 13.7 Å². The van der Waals surface area contributed by atoms with E-state index >= 15 is 0 Å². The Balaban J connectivity index is 1.86. The smallest absolute Gasteiger partial charge is 0.408 e. The van der Waals surface area contributed by atoms with Gasteiger partial charge in [-0.2, -0.15) is 0 Å². The fourth-order valence-electron chi connectivity index (χ4n) is 4.81. The summed E-state index contributed by atoms with van der Waals surface area (Å²) in [7, 11) is 1.51. The summed E-state index contributed by atoms with van der Waals surface area (Å²) in [5.74, 6) is -1.50. The van der Waals surface area contributed by atoms with E-state index in [1.54, 1.807) is 20.8 Å². The Morgan fingerprint density at radius 3 is 2.14 bits per heavy atom. The summed E-state index contributed by atoms with van der Waals surface area (Å²) in [6.45, 7) is 11.2.